The van der Waals surface area contributed by atoms with Gasteiger partial charge in [0.2, 0.25) is 0 Å². The molecular formula is C24H36ClNO2. The average molecular weight is 406 g/mol. The first kappa shape index (κ1) is 20.3. The van der Waals surface area contributed by atoms with Crippen LogP contribution in [0.5, 0.6) is 11.5 Å². The second-order valence-electron chi connectivity index (χ2n) is 9.57. The van der Waals surface area contributed by atoms with E-state index in [1.54, 1.807) is 0 Å². The summed E-state index contributed by atoms with van der Waals surface area (Å²) in [4.78, 5) is 0. The third-order valence-corrected chi connectivity index (χ3v) is 7.72. The topological polar surface area (TPSA) is 30.5 Å². The Balaban J connectivity index is 1.44. The maximum atomic E-state index is 6.55. The lowest BCUT2D eigenvalue weighted by Crippen LogP contribution is -2.54. The largest absolute Gasteiger partial charge is 0.490 e. The summed E-state index contributed by atoms with van der Waals surface area (Å²) < 4.78 is 11.7. The van der Waals surface area contributed by atoms with E-state index in [-0.39, 0.29) is 0 Å². The van der Waals surface area contributed by atoms with Gasteiger partial charge in [-0.15, -0.1) is 0 Å². The van der Waals surface area contributed by atoms with Crippen LogP contribution in [0.15, 0.2) is 12.1 Å². The van der Waals surface area contributed by atoms with Crippen molar-refractivity contribution in [2.45, 2.75) is 78.3 Å². The third kappa shape index (κ3) is 4.03. The Morgan fingerprint density at radius 3 is 2.29 bits per heavy atom. The average Bonchev–Trinajstić information content (AvgIpc) is 2.64. The van der Waals surface area contributed by atoms with E-state index < -0.39 is 0 Å². The highest BCUT2D eigenvalue weighted by molar-refractivity contribution is 6.32. The Morgan fingerprint density at radius 1 is 1.07 bits per heavy atom. The molecule has 0 aromatic heterocycles. The molecule has 4 bridgehead atoms. The van der Waals surface area contributed by atoms with Gasteiger partial charge >= 0.3 is 0 Å². The molecule has 3 nitrogen and oxygen atoms in total. The molecule has 1 atom stereocenters. The first-order chi connectivity index (χ1) is 13.5. The van der Waals surface area contributed by atoms with Crippen LogP contribution >= 0.6 is 11.6 Å². The van der Waals surface area contributed by atoms with Gasteiger partial charge in [-0.3, -0.25) is 0 Å². The van der Waals surface area contributed by atoms with Gasteiger partial charge in [0.05, 0.1) is 18.2 Å². The summed E-state index contributed by atoms with van der Waals surface area (Å²) in [5, 5.41) is 4.51. The summed E-state index contributed by atoms with van der Waals surface area (Å²) in [6.07, 6.45) is 9.75. The van der Waals surface area contributed by atoms with Crippen LogP contribution in [0.4, 0.5) is 0 Å². The van der Waals surface area contributed by atoms with E-state index in [2.05, 4.69) is 25.2 Å². The molecule has 0 spiro atoms. The molecule has 0 amide bonds. The molecule has 1 aromatic rings. The quantitative estimate of drug-likeness (QED) is 0.528. The van der Waals surface area contributed by atoms with Gasteiger partial charge < -0.3 is 14.8 Å². The third-order valence-electron chi connectivity index (χ3n) is 7.44. The van der Waals surface area contributed by atoms with Gasteiger partial charge in [0, 0.05) is 12.6 Å². The molecule has 5 rings (SSSR count). The Hall–Kier alpha value is -0.930. The number of rotatable bonds is 9. The Bertz CT molecular complexity index is 654. The number of nitrogens with one attached hydrogen (secondary N) is 1. The number of hydrogen-bond acceptors (Lipinski definition) is 3. The molecule has 1 unspecified atom stereocenters. The molecule has 0 aliphatic heterocycles. The first-order valence-corrected chi connectivity index (χ1v) is 11.7. The molecule has 0 saturated heterocycles. The predicted molar refractivity (Wildman–Crippen MR) is 115 cm³/mol. The van der Waals surface area contributed by atoms with Gasteiger partial charge in [0.15, 0.2) is 11.5 Å². The zero-order chi connectivity index (χ0) is 19.7. The van der Waals surface area contributed by atoms with Gasteiger partial charge in [0.25, 0.3) is 0 Å². The van der Waals surface area contributed by atoms with Crippen molar-refractivity contribution in [1.29, 1.82) is 0 Å². The van der Waals surface area contributed by atoms with Crippen LogP contribution in [0.1, 0.15) is 71.3 Å². The maximum Gasteiger partial charge on any atom is 0.179 e. The zero-order valence-corrected chi connectivity index (χ0v) is 18.5. The number of hydrogen-bond donors (Lipinski definition) is 1. The molecular weight excluding hydrogens is 370 g/mol. The van der Waals surface area contributed by atoms with Crippen LogP contribution in [0.3, 0.4) is 0 Å². The van der Waals surface area contributed by atoms with Gasteiger partial charge in [-0.2, -0.15) is 0 Å². The standard InChI is InChI=1S/C24H36ClNO2/c1-4-6-28-23-21(25)10-20(11-22(23)27-5-2)15-26-16(3)24-12-17-7-18(13-24)9-19(8-17)14-24/h10-11,16-19,26H,4-9,12-15H2,1-3H3. The van der Waals surface area contributed by atoms with E-state index in [9.17, 15) is 0 Å². The van der Waals surface area contributed by atoms with Gasteiger partial charge in [-0.25, -0.2) is 0 Å². The van der Waals surface area contributed by atoms with E-state index >= 15 is 0 Å². The first-order valence-electron chi connectivity index (χ1n) is 11.3. The van der Waals surface area contributed by atoms with Gasteiger partial charge in [-0.05, 0) is 99.7 Å². The van der Waals surface area contributed by atoms with Crippen molar-refractivity contribution < 1.29 is 9.47 Å². The Kier molecular flexibility index (Phi) is 6.13. The van der Waals surface area contributed by atoms with Crippen molar-refractivity contribution in [3.05, 3.63) is 22.7 Å². The minimum atomic E-state index is 0.519. The van der Waals surface area contributed by atoms with Crippen LogP contribution in [-0.2, 0) is 6.54 Å². The highest BCUT2D eigenvalue weighted by Gasteiger charge is 2.52. The highest BCUT2D eigenvalue weighted by Crippen LogP contribution is 2.61. The fourth-order valence-corrected chi connectivity index (χ4v) is 6.81. The lowest BCUT2D eigenvalue weighted by Gasteiger charge is -2.59. The van der Waals surface area contributed by atoms with E-state index in [0.29, 0.717) is 35.4 Å². The molecule has 156 valence electrons. The minimum Gasteiger partial charge on any atom is -0.490 e. The lowest BCUT2D eigenvalue weighted by molar-refractivity contribution is -0.0706. The Morgan fingerprint density at radius 2 is 1.71 bits per heavy atom. The second-order valence-corrected chi connectivity index (χ2v) is 9.98. The second kappa shape index (κ2) is 8.44. The van der Waals surface area contributed by atoms with E-state index in [1.165, 1.54) is 44.1 Å². The van der Waals surface area contributed by atoms with E-state index in [0.717, 1.165) is 36.5 Å². The summed E-state index contributed by atoms with van der Waals surface area (Å²) in [6.45, 7) is 8.60. The van der Waals surface area contributed by atoms with Crippen molar-refractivity contribution >= 4 is 11.6 Å². The molecule has 0 heterocycles. The van der Waals surface area contributed by atoms with Crippen molar-refractivity contribution in [3.8, 4) is 11.5 Å². The molecule has 1 N–H and O–H groups in total. The predicted octanol–water partition coefficient (Wildman–Crippen LogP) is 6.22. The number of ether oxygens (including phenoxy) is 2. The summed E-state index contributed by atoms with van der Waals surface area (Å²) >= 11 is 6.55. The van der Waals surface area contributed by atoms with Crippen LogP contribution in [0.2, 0.25) is 5.02 Å². The summed E-state index contributed by atoms with van der Waals surface area (Å²) in [7, 11) is 0. The Labute approximate surface area is 175 Å². The maximum absolute atomic E-state index is 6.55. The van der Waals surface area contributed by atoms with E-state index in [4.69, 9.17) is 21.1 Å². The van der Waals surface area contributed by atoms with Crippen LogP contribution in [-0.4, -0.2) is 19.3 Å². The molecule has 0 radical (unpaired) electrons. The summed E-state index contributed by atoms with van der Waals surface area (Å²) in [5.41, 5.74) is 1.69. The lowest BCUT2D eigenvalue weighted by atomic mass is 9.48. The van der Waals surface area contributed by atoms with Crippen molar-refractivity contribution in [3.63, 3.8) is 0 Å². The molecule has 4 heteroatoms. The molecule has 1 aromatic carbocycles. The molecule has 28 heavy (non-hydrogen) atoms. The monoisotopic (exact) mass is 405 g/mol. The van der Waals surface area contributed by atoms with Gasteiger partial charge in [-0.1, -0.05) is 18.5 Å². The van der Waals surface area contributed by atoms with E-state index in [1.807, 2.05) is 13.0 Å². The molecule has 4 aliphatic rings. The van der Waals surface area contributed by atoms with Crippen molar-refractivity contribution in [1.82, 2.24) is 5.32 Å². The normalized spacial score (nSPS) is 31.8. The van der Waals surface area contributed by atoms with Crippen LogP contribution in [0.25, 0.3) is 0 Å². The molecule has 4 fully saturated rings. The smallest absolute Gasteiger partial charge is 0.179 e. The zero-order valence-electron chi connectivity index (χ0n) is 17.7. The highest BCUT2D eigenvalue weighted by atomic mass is 35.5. The van der Waals surface area contributed by atoms with Gasteiger partial charge in [0.1, 0.15) is 0 Å². The fourth-order valence-electron chi connectivity index (χ4n) is 6.53. The van der Waals surface area contributed by atoms with Crippen LogP contribution < -0.4 is 14.8 Å². The SMILES string of the molecule is CCCOc1c(Cl)cc(CNC(C)C23CC4CC(CC(C4)C2)C3)cc1OCC. The molecule has 4 aliphatic carbocycles. The summed E-state index contributed by atoms with van der Waals surface area (Å²) in [6, 6.07) is 4.68. The number of benzene rings is 1. The number of halogens is 1. The summed E-state index contributed by atoms with van der Waals surface area (Å²) in [5.74, 6) is 4.42. The molecule has 4 saturated carbocycles. The van der Waals surface area contributed by atoms with Crippen LogP contribution in [0, 0.1) is 23.2 Å². The minimum absolute atomic E-state index is 0.519. The van der Waals surface area contributed by atoms with Crippen molar-refractivity contribution in [2.75, 3.05) is 13.2 Å². The fraction of sp³-hybridized carbons (Fsp3) is 0.750. The van der Waals surface area contributed by atoms with Crippen molar-refractivity contribution in [2.24, 2.45) is 23.2 Å².